The summed E-state index contributed by atoms with van der Waals surface area (Å²) in [6.45, 7) is 7.17. The molecule has 1 aromatic heterocycles. The van der Waals surface area contributed by atoms with Gasteiger partial charge < -0.3 is 4.74 Å². The molecule has 1 aromatic rings. The Morgan fingerprint density at radius 3 is 3.00 bits per heavy atom. The molecule has 0 aliphatic carbocycles. The number of nitrogens with zero attached hydrogens (tertiary/aromatic N) is 2. The number of morpholine rings is 1. The molecule has 0 bridgehead atoms. The maximum Gasteiger partial charge on any atom is 0.112 e. The fourth-order valence-electron chi connectivity index (χ4n) is 1.92. The molecule has 0 N–H and O–H groups in total. The average Bonchev–Trinajstić information content (AvgIpc) is 2.29. The minimum atomic E-state index is 0.105. The fraction of sp³-hybridized carbons (Fsp3) is 0.583. The summed E-state index contributed by atoms with van der Waals surface area (Å²) in [5.74, 6) is 0. The number of hydrogen-bond acceptors (Lipinski definition) is 3. The van der Waals surface area contributed by atoms with E-state index >= 15 is 0 Å². The van der Waals surface area contributed by atoms with Crippen LogP contribution in [0.25, 0.3) is 0 Å². The van der Waals surface area contributed by atoms with Gasteiger partial charge in [0.25, 0.3) is 0 Å². The van der Waals surface area contributed by atoms with Crippen LogP contribution in [-0.2, 0) is 4.74 Å². The van der Waals surface area contributed by atoms with Crippen molar-refractivity contribution in [2.24, 2.45) is 0 Å². The molecule has 1 atom stereocenters. The van der Waals surface area contributed by atoms with Crippen molar-refractivity contribution in [1.29, 1.82) is 0 Å². The molecule has 16 heavy (non-hydrogen) atoms. The van der Waals surface area contributed by atoms with Gasteiger partial charge in [0.1, 0.15) is 10.7 Å². The molecular weight excluding hydrogens is 268 g/mol. The summed E-state index contributed by atoms with van der Waals surface area (Å²) in [4.78, 5) is 6.88. The molecule has 0 aromatic carbocycles. The third kappa shape index (κ3) is 2.81. The van der Waals surface area contributed by atoms with Crippen LogP contribution >= 0.6 is 15.9 Å². The summed E-state index contributed by atoms with van der Waals surface area (Å²) in [6.07, 6.45) is 0.105. The van der Waals surface area contributed by atoms with E-state index in [4.69, 9.17) is 4.74 Å². The van der Waals surface area contributed by atoms with E-state index in [2.05, 4.69) is 39.7 Å². The average molecular weight is 285 g/mol. The highest BCUT2D eigenvalue weighted by Gasteiger charge is 2.24. The first-order valence-corrected chi connectivity index (χ1v) is 6.44. The van der Waals surface area contributed by atoms with Crippen LogP contribution in [0.4, 0.5) is 0 Å². The SMILES string of the molecule is CC(C)N1CCO[C@H](c2cccc(Br)n2)C1. The Morgan fingerprint density at radius 2 is 2.31 bits per heavy atom. The van der Waals surface area contributed by atoms with Crippen LogP contribution in [0.5, 0.6) is 0 Å². The lowest BCUT2D eigenvalue weighted by Crippen LogP contribution is -2.42. The van der Waals surface area contributed by atoms with Crippen LogP contribution in [-0.4, -0.2) is 35.6 Å². The maximum atomic E-state index is 5.77. The van der Waals surface area contributed by atoms with E-state index in [-0.39, 0.29) is 6.10 Å². The van der Waals surface area contributed by atoms with Crippen LogP contribution in [0.15, 0.2) is 22.8 Å². The number of pyridine rings is 1. The van der Waals surface area contributed by atoms with E-state index in [0.29, 0.717) is 6.04 Å². The van der Waals surface area contributed by atoms with Gasteiger partial charge in [0.05, 0.1) is 12.3 Å². The molecule has 4 heteroatoms. The first-order chi connectivity index (χ1) is 7.66. The van der Waals surface area contributed by atoms with E-state index in [0.717, 1.165) is 30.0 Å². The van der Waals surface area contributed by atoms with Crippen molar-refractivity contribution >= 4 is 15.9 Å². The molecule has 2 rings (SSSR count). The van der Waals surface area contributed by atoms with E-state index < -0.39 is 0 Å². The topological polar surface area (TPSA) is 25.4 Å². The van der Waals surface area contributed by atoms with E-state index in [1.165, 1.54) is 0 Å². The van der Waals surface area contributed by atoms with Gasteiger partial charge in [-0.1, -0.05) is 6.07 Å². The number of aromatic nitrogens is 1. The highest BCUT2D eigenvalue weighted by molar-refractivity contribution is 9.10. The van der Waals surface area contributed by atoms with E-state index in [1.807, 2.05) is 18.2 Å². The third-order valence-electron chi connectivity index (χ3n) is 2.89. The van der Waals surface area contributed by atoms with Crippen LogP contribution in [0.1, 0.15) is 25.6 Å². The zero-order valence-corrected chi connectivity index (χ0v) is 11.3. The quantitative estimate of drug-likeness (QED) is 0.781. The van der Waals surface area contributed by atoms with Crippen molar-refractivity contribution in [3.8, 4) is 0 Å². The smallest absolute Gasteiger partial charge is 0.112 e. The summed E-state index contributed by atoms with van der Waals surface area (Å²) < 4.78 is 6.65. The summed E-state index contributed by atoms with van der Waals surface area (Å²) >= 11 is 3.39. The van der Waals surface area contributed by atoms with Gasteiger partial charge in [0, 0.05) is 19.1 Å². The molecule has 0 saturated carbocycles. The molecule has 88 valence electrons. The minimum absolute atomic E-state index is 0.105. The Hall–Kier alpha value is -0.450. The van der Waals surface area contributed by atoms with Crippen molar-refractivity contribution in [2.75, 3.05) is 19.7 Å². The van der Waals surface area contributed by atoms with Gasteiger partial charge in [-0.05, 0) is 41.9 Å². The van der Waals surface area contributed by atoms with Crippen molar-refractivity contribution in [3.05, 3.63) is 28.5 Å². The van der Waals surface area contributed by atoms with Gasteiger partial charge in [-0.15, -0.1) is 0 Å². The van der Waals surface area contributed by atoms with Gasteiger partial charge in [-0.3, -0.25) is 4.90 Å². The van der Waals surface area contributed by atoms with E-state index in [1.54, 1.807) is 0 Å². The van der Waals surface area contributed by atoms with Crippen LogP contribution in [0.3, 0.4) is 0 Å². The molecular formula is C12H17BrN2O. The highest BCUT2D eigenvalue weighted by Crippen LogP contribution is 2.22. The molecule has 2 heterocycles. The molecule has 1 saturated heterocycles. The lowest BCUT2D eigenvalue weighted by Gasteiger charge is -2.35. The van der Waals surface area contributed by atoms with Crippen molar-refractivity contribution < 1.29 is 4.74 Å². The van der Waals surface area contributed by atoms with Gasteiger partial charge in [0.15, 0.2) is 0 Å². The van der Waals surface area contributed by atoms with E-state index in [9.17, 15) is 0 Å². The van der Waals surface area contributed by atoms with Crippen molar-refractivity contribution in [3.63, 3.8) is 0 Å². The monoisotopic (exact) mass is 284 g/mol. The van der Waals surface area contributed by atoms with Gasteiger partial charge in [0.2, 0.25) is 0 Å². The predicted molar refractivity (Wildman–Crippen MR) is 67.3 cm³/mol. The lowest BCUT2D eigenvalue weighted by atomic mass is 10.1. The Bertz CT molecular complexity index is 357. The molecule has 3 nitrogen and oxygen atoms in total. The molecule has 0 unspecified atom stereocenters. The number of rotatable bonds is 2. The second-order valence-corrected chi connectivity index (χ2v) is 5.15. The second kappa shape index (κ2) is 5.25. The standard InChI is InChI=1S/C12H17BrN2O/c1-9(2)15-6-7-16-11(8-15)10-4-3-5-12(13)14-10/h3-5,9,11H,6-8H2,1-2H3/t11-/m0/s1. The summed E-state index contributed by atoms with van der Waals surface area (Å²) in [7, 11) is 0. The van der Waals surface area contributed by atoms with Gasteiger partial charge >= 0.3 is 0 Å². The predicted octanol–water partition coefficient (Wildman–Crippen LogP) is 2.63. The zero-order valence-electron chi connectivity index (χ0n) is 9.69. The Kier molecular flexibility index (Phi) is 3.95. The minimum Gasteiger partial charge on any atom is -0.369 e. The number of ether oxygens (including phenoxy) is 1. The zero-order chi connectivity index (χ0) is 11.5. The number of hydrogen-bond donors (Lipinski definition) is 0. The van der Waals surface area contributed by atoms with Crippen LogP contribution in [0, 0.1) is 0 Å². The Morgan fingerprint density at radius 1 is 1.50 bits per heavy atom. The maximum absolute atomic E-state index is 5.77. The largest absolute Gasteiger partial charge is 0.369 e. The molecule has 1 fully saturated rings. The summed E-state index contributed by atoms with van der Waals surface area (Å²) in [6, 6.07) is 6.54. The molecule has 0 radical (unpaired) electrons. The molecule has 0 spiro atoms. The second-order valence-electron chi connectivity index (χ2n) is 4.33. The van der Waals surface area contributed by atoms with Crippen LogP contribution in [0.2, 0.25) is 0 Å². The fourth-order valence-corrected chi connectivity index (χ4v) is 2.28. The lowest BCUT2D eigenvalue weighted by molar-refractivity contribution is -0.0422. The number of halogens is 1. The first-order valence-electron chi connectivity index (χ1n) is 5.65. The molecule has 1 aliphatic rings. The van der Waals surface area contributed by atoms with Crippen LogP contribution < -0.4 is 0 Å². The Labute approximate surface area is 105 Å². The van der Waals surface area contributed by atoms with Crippen molar-refractivity contribution in [1.82, 2.24) is 9.88 Å². The molecule has 1 aliphatic heterocycles. The molecule has 0 amide bonds. The first kappa shape index (κ1) is 12.0. The Balaban J connectivity index is 2.09. The van der Waals surface area contributed by atoms with Crippen molar-refractivity contribution in [2.45, 2.75) is 26.0 Å². The van der Waals surface area contributed by atoms with Gasteiger partial charge in [-0.2, -0.15) is 0 Å². The summed E-state index contributed by atoms with van der Waals surface area (Å²) in [5.41, 5.74) is 1.01. The highest BCUT2D eigenvalue weighted by atomic mass is 79.9. The third-order valence-corrected chi connectivity index (χ3v) is 3.34. The van der Waals surface area contributed by atoms with Gasteiger partial charge in [-0.25, -0.2) is 4.98 Å². The summed E-state index contributed by atoms with van der Waals surface area (Å²) in [5, 5.41) is 0. The normalized spacial score (nSPS) is 22.6.